The zero-order chi connectivity index (χ0) is 13.7. The summed E-state index contributed by atoms with van der Waals surface area (Å²) < 4.78 is 0. The number of nitrogens with one attached hydrogen (secondary N) is 1. The molecule has 3 N–H and O–H groups in total. The topological polar surface area (TPSA) is 75.4 Å². The molecule has 5 heteroatoms. The molecule has 0 unspecified atom stereocenters. The van der Waals surface area contributed by atoms with Gasteiger partial charge in [-0.15, -0.1) is 0 Å². The molecular formula is C13H19N3O2. The molecule has 0 radical (unpaired) electrons. The van der Waals surface area contributed by atoms with E-state index >= 15 is 0 Å². The van der Waals surface area contributed by atoms with Crippen LogP contribution < -0.4 is 11.1 Å². The van der Waals surface area contributed by atoms with Crippen molar-refractivity contribution in [3.05, 3.63) is 35.4 Å². The lowest BCUT2D eigenvalue weighted by molar-refractivity contribution is -0.122. The molecule has 0 saturated carbocycles. The summed E-state index contributed by atoms with van der Waals surface area (Å²) in [6, 6.07) is 6.95. The zero-order valence-corrected chi connectivity index (χ0v) is 10.9. The number of likely N-dealkylation sites (N-methyl/N-ethyl adjacent to an activating group) is 1. The number of rotatable bonds is 5. The molecule has 1 rings (SSSR count). The summed E-state index contributed by atoms with van der Waals surface area (Å²) in [5.74, 6) is -0.458. The number of benzene rings is 1. The number of hydrogen-bond donors (Lipinski definition) is 2. The third-order valence-electron chi connectivity index (χ3n) is 2.95. The molecule has 0 fully saturated rings. The maximum Gasteiger partial charge on any atom is 0.251 e. The average Bonchev–Trinajstić information content (AvgIpc) is 2.37. The van der Waals surface area contributed by atoms with Gasteiger partial charge in [0.1, 0.15) is 0 Å². The predicted molar refractivity (Wildman–Crippen MR) is 70.0 cm³/mol. The van der Waals surface area contributed by atoms with Gasteiger partial charge in [0.25, 0.3) is 5.91 Å². The van der Waals surface area contributed by atoms with Gasteiger partial charge >= 0.3 is 0 Å². The molecule has 0 aliphatic rings. The molecule has 0 aromatic heterocycles. The van der Waals surface area contributed by atoms with Crippen LogP contribution in [0.3, 0.4) is 0 Å². The van der Waals surface area contributed by atoms with Gasteiger partial charge in [-0.25, -0.2) is 0 Å². The predicted octanol–water partition coefficient (Wildman–Crippen LogP) is 0.352. The fourth-order valence-corrected chi connectivity index (χ4v) is 1.55. The molecular weight excluding hydrogens is 230 g/mol. The summed E-state index contributed by atoms with van der Waals surface area (Å²) in [5.41, 5.74) is 6.88. The average molecular weight is 249 g/mol. The van der Waals surface area contributed by atoms with Crippen LogP contribution in [0.5, 0.6) is 0 Å². The van der Waals surface area contributed by atoms with E-state index in [0.717, 1.165) is 5.56 Å². The monoisotopic (exact) mass is 249 g/mol. The van der Waals surface area contributed by atoms with Gasteiger partial charge in [0.2, 0.25) is 5.91 Å². The van der Waals surface area contributed by atoms with E-state index in [1.807, 2.05) is 24.1 Å². The summed E-state index contributed by atoms with van der Waals surface area (Å²) >= 11 is 0. The fraction of sp³-hybridized carbons (Fsp3) is 0.385. The third kappa shape index (κ3) is 3.56. The van der Waals surface area contributed by atoms with Crippen molar-refractivity contribution in [2.24, 2.45) is 5.73 Å². The highest BCUT2D eigenvalue weighted by molar-refractivity contribution is 5.93. The van der Waals surface area contributed by atoms with E-state index in [2.05, 4.69) is 5.32 Å². The molecule has 0 aliphatic heterocycles. The minimum atomic E-state index is -0.348. The second-order valence-corrected chi connectivity index (χ2v) is 4.27. The van der Waals surface area contributed by atoms with E-state index in [1.165, 1.54) is 0 Å². The molecule has 5 nitrogen and oxygen atoms in total. The maximum absolute atomic E-state index is 11.4. The number of carbonyl (C=O) groups excluding carboxylic acids is 2. The molecule has 0 saturated heterocycles. The second-order valence-electron chi connectivity index (χ2n) is 4.27. The summed E-state index contributed by atoms with van der Waals surface area (Å²) in [5, 5.41) is 2.56. The zero-order valence-electron chi connectivity index (χ0n) is 10.9. The Kier molecular flexibility index (Phi) is 4.85. The highest BCUT2D eigenvalue weighted by atomic mass is 16.2. The van der Waals surface area contributed by atoms with E-state index in [-0.39, 0.29) is 17.9 Å². The first-order valence-corrected chi connectivity index (χ1v) is 5.76. The van der Waals surface area contributed by atoms with Crippen molar-refractivity contribution in [1.29, 1.82) is 0 Å². The van der Waals surface area contributed by atoms with Gasteiger partial charge < -0.3 is 11.1 Å². The Morgan fingerprint density at radius 1 is 1.33 bits per heavy atom. The van der Waals surface area contributed by atoms with Gasteiger partial charge in [-0.1, -0.05) is 12.1 Å². The summed E-state index contributed by atoms with van der Waals surface area (Å²) in [6.45, 7) is 2.37. The number of nitrogens with two attached hydrogens (primary N) is 1. The lowest BCUT2D eigenvalue weighted by atomic mass is 10.1. The molecule has 18 heavy (non-hydrogen) atoms. The second kappa shape index (κ2) is 6.16. The standard InChI is InChI=1S/C13H19N3O2/c1-9(12(14)17)16(3)8-10-4-6-11(7-5-10)13(18)15-2/h4-7,9H,8H2,1-3H3,(H2,14,17)(H,15,18)/t9-/m0/s1. The number of hydrogen-bond acceptors (Lipinski definition) is 3. The summed E-state index contributed by atoms with van der Waals surface area (Å²) in [4.78, 5) is 24.3. The molecule has 0 spiro atoms. The van der Waals surface area contributed by atoms with Crippen LogP contribution >= 0.6 is 0 Å². The van der Waals surface area contributed by atoms with Gasteiger partial charge in [-0.3, -0.25) is 14.5 Å². The van der Waals surface area contributed by atoms with Crippen LogP contribution in [-0.4, -0.2) is 36.9 Å². The molecule has 98 valence electrons. The van der Waals surface area contributed by atoms with E-state index in [0.29, 0.717) is 12.1 Å². The number of carbonyl (C=O) groups is 2. The van der Waals surface area contributed by atoms with Crippen LogP contribution in [-0.2, 0) is 11.3 Å². The maximum atomic E-state index is 11.4. The lowest BCUT2D eigenvalue weighted by Crippen LogP contribution is -2.39. The Bertz CT molecular complexity index is 428. The minimum Gasteiger partial charge on any atom is -0.368 e. The number of primary amides is 1. The normalized spacial score (nSPS) is 12.2. The van der Waals surface area contributed by atoms with Gasteiger partial charge in [-0.05, 0) is 31.7 Å². The molecule has 0 aliphatic carbocycles. The highest BCUT2D eigenvalue weighted by Gasteiger charge is 2.14. The molecule has 2 amide bonds. The molecule has 1 atom stereocenters. The highest BCUT2D eigenvalue weighted by Crippen LogP contribution is 2.08. The first kappa shape index (κ1) is 14.2. The first-order chi connectivity index (χ1) is 8.45. The molecule has 0 bridgehead atoms. The van der Waals surface area contributed by atoms with Crippen LogP contribution in [0.2, 0.25) is 0 Å². The molecule has 1 aromatic rings. The molecule has 0 heterocycles. The van der Waals surface area contributed by atoms with Crippen molar-refractivity contribution in [3.63, 3.8) is 0 Å². The first-order valence-electron chi connectivity index (χ1n) is 5.76. The van der Waals surface area contributed by atoms with E-state index in [9.17, 15) is 9.59 Å². The van der Waals surface area contributed by atoms with Crippen LogP contribution in [0.25, 0.3) is 0 Å². The smallest absolute Gasteiger partial charge is 0.251 e. The van der Waals surface area contributed by atoms with Crippen molar-refractivity contribution in [2.45, 2.75) is 19.5 Å². The van der Waals surface area contributed by atoms with Crippen LogP contribution in [0, 0.1) is 0 Å². The van der Waals surface area contributed by atoms with Crippen molar-refractivity contribution in [1.82, 2.24) is 10.2 Å². The van der Waals surface area contributed by atoms with Gasteiger partial charge in [0.05, 0.1) is 6.04 Å². The van der Waals surface area contributed by atoms with Gasteiger partial charge in [0.15, 0.2) is 0 Å². The Morgan fingerprint density at radius 3 is 2.33 bits per heavy atom. The Balaban J connectivity index is 2.69. The Morgan fingerprint density at radius 2 is 1.89 bits per heavy atom. The largest absolute Gasteiger partial charge is 0.368 e. The van der Waals surface area contributed by atoms with E-state index < -0.39 is 0 Å². The Hall–Kier alpha value is -1.88. The Labute approximate surface area is 107 Å². The van der Waals surface area contributed by atoms with Crippen LogP contribution in [0.1, 0.15) is 22.8 Å². The van der Waals surface area contributed by atoms with Crippen molar-refractivity contribution < 1.29 is 9.59 Å². The molecule has 1 aromatic carbocycles. The van der Waals surface area contributed by atoms with Gasteiger partial charge in [0, 0.05) is 19.2 Å². The van der Waals surface area contributed by atoms with Crippen molar-refractivity contribution >= 4 is 11.8 Å². The van der Waals surface area contributed by atoms with E-state index in [1.54, 1.807) is 26.1 Å². The fourth-order valence-electron chi connectivity index (χ4n) is 1.55. The van der Waals surface area contributed by atoms with E-state index in [4.69, 9.17) is 5.73 Å². The minimum absolute atomic E-state index is 0.111. The summed E-state index contributed by atoms with van der Waals surface area (Å²) in [6.07, 6.45) is 0. The van der Waals surface area contributed by atoms with Crippen LogP contribution in [0.4, 0.5) is 0 Å². The summed E-state index contributed by atoms with van der Waals surface area (Å²) in [7, 11) is 3.43. The van der Waals surface area contributed by atoms with Crippen molar-refractivity contribution in [2.75, 3.05) is 14.1 Å². The quantitative estimate of drug-likeness (QED) is 0.790. The third-order valence-corrected chi connectivity index (χ3v) is 2.95. The lowest BCUT2D eigenvalue weighted by Gasteiger charge is -2.21. The van der Waals surface area contributed by atoms with Crippen LogP contribution in [0.15, 0.2) is 24.3 Å². The number of nitrogens with zero attached hydrogens (tertiary/aromatic N) is 1. The SMILES string of the molecule is CNC(=O)c1ccc(CN(C)[C@@H](C)C(N)=O)cc1. The number of amides is 2. The van der Waals surface area contributed by atoms with Crippen molar-refractivity contribution in [3.8, 4) is 0 Å². The van der Waals surface area contributed by atoms with Gasteiger partial charge in [-0.2, -0.15) is 0 Å².